The highest BCUT2D eigenvalue weighted by molar-refractivity contribution is 8.00. The van der Waals surface area contributed by atoms with E-state index in [9.17, 15) is 14.9 Å². The standard InChI is InChI=1S/C23H19N3O2S2/c24-12-14-5-1-2-6-15(14)13-29-23-25-19-10-9-16(11-20(19)30-23)26-21(27)17-7-3-4-8-18(17)22(26)28/h1-2,5-6,9-11,17-18H,3-4,7-8,13H2/t17-,18-/m0/s1. The van der Waals surface area contributed by atoms with Gasteiger partial charge in [0.1, 0.15) is 0 Å². The van der Waals surface area contributed by atoms with Crippen molar-refractivity contribution in [1.82, 2.24) is 4.98 Å². The molecule has 2 heterocycles. The van der Waals surface area contributed by atoms with Gasteiger partial charge in [0.05, 0.1) is 39.4 Å². The maximum Gasteiger partial charge on any atom is 0.237 e. The first-order valence-corrected chi connectivity index (χ1v) is 11.8. The molecule has 2 amide bonds. The molecule has 1 aliphatic carbocycles. The number of carbonyl (C=O) groups excluding carboxylic acids is 2. The SMILES string of the molecule is N#Cc1ccccc1CSc1nc2ccc(N3C(=O)[C@H]4CCCC[C@@H]4C3=O)cc2s1. The van der Waals surface area contributed by atoms with Gasteiger partial charge in [0.25, 0.3) is 0 Å². The molecule has 2 aromatic carbocycles. The van der Waals surface area contributed by atoms with Crippen LogP contribution in [0.5, 0.6) is 0 Å². The van der Waals surface area contributed by atoms with Crippen molar-refractivity contribution in [3.05, 3.63) is 53.6 Å². The Hall–Kier alpha value is -2.69. The minimum Gasteiger partial charge on any atom is -0.274 e. The molecule has 0 N–H and O–H groups in total. The van der Waals surface area contributed by atoms with E-state index in [1.807, 2.05) is 42.5 Å². The molecule has 0 spiro atoms. The van der Waals surface area contributed by atoms with Crippen molar-refractivity contribution < 1.29 is 9.59 Å². The van der Waals surface area contributed by atoms with Gasteiger partial charge in [-0.05, 0) is 42.7 Å². The summed E-state index contributed by atoms with van der Waals surface area (Å²) in [6.07, 6.45) is 3.69. The Morgan fingerprint density at radius 1 is 1.10 bits per heavy atom. The molecule has 0 radical (unpaired) electrons. The number of hydrogen-bond donors (Lipinski definition) is 0. The van der Waals surface area contributed by atoms with E-state index in [-0.39, 0.29) is 23.7 Å². The van der Waals surface area contributed by atoms with E-state index < -0.39 is 0 Å². The van der Waals surface area contributed by atoms with Gasteiger partial charge in [0.15, 0.2) is 4.34 Å². The summed E-state index contributed by atoms with van der Waals surface area (Å²) >= 11 is 3.14. The molecule has 2 fully saturated rings. The van der Waals surface area contributed by atoms with Gasteiger partial charge >= 0.3 is 0 Å². The summed E-state index contributed by atoms with van der Waals surface area (Å²) in [5.74, 6) is 0.292. The van der Waals surface area contributed by atoms with Gasteiger partial charge in [-0.2, -0.15) is 5.26 Å². The summed E-state index contributed by atoms with van der Waals surface area (Å²) in [4.78, 5) is 31.8. The van der Waals surface area contributed by atoms with Gasteiger partial charge < -0.3 is 0 Å². The second-order valence-corrected chi connectivity index (χ2v) is 9.95. The van der Waals surface area contributed by atoms with Crippen molar-refractivity contribution in [2.24, 2.45) is 11.8 Å². The number of rotatable bonds is 4. The molecule has 7 heteroatoms. The average Bonchev–Trinajstić information content (AvgIpc) is 3.30. The molecule has 0 bridgehead atoms. The highest BCUT2D eigenvalue weighted by Gasteiger charge is 2.48. The minimum absolute atomic E-state index is 0.0451. The number of imide groups is 1. The Morgan fingerprint density at radius 2 is 1.83 bits per heavy atom. The van der Waals surface area contributed by atoms with E-state index >= 15 is 0 Å². The zero-order valence-corrected chi connectivity index (χ0v) is 17.8. The lowest BCUT2D eigenvalue weighted by Gasteiger charge is -2.19. The summed E-state index contributed by atoms with van der Waals surface area (Å²) in [6.45, 7) is 0. The predicted molar refractivity (Wildman–Crippen MR) is 118 cm³/mol. The Kier molecular flexibility index (Phi) is 5.05. The Balaban J connectivity index is 1.39. The summed E-state index contributed by atoms with van der Waals surface area (Å²) in [5.41, 5.74) is 3.18. The zero-order chi connectivity index (χ0) is 20.7. The van der Waals surface area contributed by atoms with E-state index in [2.05, 4.69) is 11.1 Å². The Morgan fingerprint density at radius 3 is 2.57 bits per heavy atom. The number of nitriles is 1. The van der Waals surface area contributed by atoms with E-state index in [1.165, 1.54) is 4.90 Å². The largest absolute Gasteiger partial charge is 0.274 e. The van der Waals surface area contributed by atoms with Crippen LogP contribution < -0.4 is 4.90 Å². The first-order valence-electron chi connectivity index (χ1n) is 10.0. The molecular formula is C23H19N3O2S2. The van der Waals surface area contributed by atoms with Gasteiger partial charge in [0.2, 0.25) is 11.8 Å². The van der Waals surface area contributed by atoms with E-state index in [1.54, 1.807) is 23.1 Å². The molecule has 150 valence electrons. The number of hydrogen-bond acceptors (Lipinski definition) is 6. The number of thiazole rings is 1. The molecule has 1 saturated carbocycles. The number of thioether (sulfide) groups is 1. The zero-order valence-electron chi connectivity index (χ0n) is 16.2. The third-order valence-corrected chi connectivity index (χ3v) is 8.15. The van der Waals surface area contributed by atoms with Crippen LogP contribution in [0.15, 0.2) is 46.8 Å². The maximum atomic E-state index is 12.9. The van der Waals surface area contributed by atoms with E-state index in [0.29, 0.717) is 17.0 Å². The van der Waals surface area contributed by atoms with Gasteiger partial charge in [-0.15, -0.1) is 11.3 Å². The topological polar surface area (TPSA) is 74.1 Å². The highest BCUT2D eigenvalue weighted by Crippen LogP contribution is 2.41. The summed E-state index contributed by atoms with van der Waals surface area (Å²) in [6, 6.07) is 15.4. The molecule has 2 atom stereocenters. The predicted octanol–water partition coefficient (Wildman–Crippen LogP) is 5.14. The van der Waals surface area contributed by atoms with Gasteiger partial charge in [-0.25, -0.2) is 4.98 Å². The lowest BCUT2D eigenvalue weighted by atomic mass is 9.81. The van der Waals surface area contributed by atoms with Gasteiger partial charge in [0, 0.05) is 5.75 Å². The summed E-state index contributed by atoms with van der Waals surface area (Å²) < 4.78 is 1.86. The van der Waals surface area contributed by atoms with E-state index in [4.69, 9.17) is 0 Å². The molecule has 3 aromatic rings. The monoisotopic (exact) mass is 433 g/mol. The second kappa shape index (κ2) is 7.86. The fourth-order valence-electron chi connectivity index (χ4n) is 4.40. The van der Waals surface area contributed by atoms with E-state index in [0.717, 1.165) is 45.8 Å². The van der Waals surface area contributed by atoms with Gasteiger partial charge in [-0.3, -0.25) is 14.5 Å². The number of anilines is 1. The lowest BCUT2D eigenvalue weighted by Crippen LogP contribution is -2.30. The molecular weight excluding hydrogens is 414 g/mol. The first-order chi connectivity index (χ1) is 14.7. The molecule has 1 aromatic heterocycles. The van der Waals surface area contributed by atoms with Crippen LogP contribution in [0.3, 0.4) is 0 Å². The van der Waals surface area contributed by atoms with Crippen molar-refractivity contribution in [1.29, 1.82) is 5.26 Å². The van der Waals surface area contributed by atoms with Crippen LogP contribution >= 0.6 is 23.1 Å². The maximum absolute atomic E-state index is 12.9. The van der Waals surface area contributed by atoms with Crippen LogP contribution in [0.1, 0.15) is 36.8 Å². The fraction of sp³-hybridized carbons (Fsp3) is 0.304. The van der Waals surface area contributed by atoms with Crippen LogP contribution in [0.4, 0.5) is 5.69 Å². The normalized spacial score (nSPS) is 21.1. The van der Waals surface area contributed by atoms with Crippen LogP contribution in [0, 0.1) is 23.2 Å². The number of aromatic nitrogens is 1. The third-order valence-electron chi connectivity index (χ3n) is 5.94. The van der Waals surface area contributed by atoms with Crippen LogP contribution in [-0.2, 0) is 15.3 Å². The van der Waals surface area contributed by atoms with Crippen molar-refractivity contribution in [3.63, 3.8) is 0 Å². The molecule has 5 rings (SSSR count). The minimum atomic E-state index is -0.144. The first kappa shape index (κ1) is 19.3. The molecule has 1 saturated heterocycles. The molecule has 2 aliphatic rings. The van der Waals surface area contributed by atoms with Crippen LogP contribution in [0.25, 0.3) is 10.2 Å². The Labute approximate surface area is 182 Å². The quantitative estimate of drug-likeness (QED) is 0.421. The van der Waals surface area contributed by atoms with Crippen molar-refractivity contribution >= 4 is 50.8 Å². The van der Waals surface area contributed by atoms with Crippen LogP contribution in [0.2, 0.25) is 0 Å². The highest BCUT2D eigenvalue weighted by atomic mass is 32.2. The Bertz CT molecular complexity index is 1170. The summed E-state index contributed by atoms with van der Waals surface area (Å²) in [5, 5.41) is 9.25. The number of fused-ring (bicyclic) bond motifs is 2. The number of benzene rings is 2. The number of amides is 2. The molecule has 5 nitrogen and oxygen atoms in total. The third kappa shape index (κ3) is 3.30. The van der Waals surface area contributed by atoms with Crippen molar-refractivity contribution in [3.8, 4) is 6.07 Å². The number of nitrogens with zero attached hydrogens (tertiary/aromatic N) is 3. The number of carbonyl (C=O) groups is 2. The van der Waals surface area contributed by atoms with Crippen molar-refractivity contribution in [2.45, 2.75) is 35.8 Å². The molecule has 30 heavy (non-hydrogen) atoms. The smallest absolute Gasteiger partial charge is 0.237 e. The second-order valence-electron chi connectivity index (χ2n) is 7.70. The van der Waals surface area contributed by atoms with Crippen LogP contribution in [-0.4, -0.2) is 16.8 Å². The van der Waals surface area contributed by atoms with Gasteiger partial charge in [-0.1, -0.05) is 42.8 Å². The fourth-order valence-corrected chi connectivity index (χ4v) is 6.51. The summed E-state index contributed by atoms with van der Waals surface area (Å²) in [7, 11) is 0. The molecule has 1 aliphatic heterocycles. The lowest BCUT2D eigenvalue weighted by molar-refractivity contribution is -0.122. The molecule has 0 unspecified atom stereocenters. The average molecular weight is 434 g/mol. The van der Waals surface area contributed by atoms with Crippen molar-refractivity contribution in [2.75, 3.05) is 4.90 Å².